The molecule has 6 nitrogen and oxygen atoms in total. The van der Waals surface area contributed by atoms with Crippen molar-refractivity contribution in [2.24, 2.45) is 0 Å². The summed E-state index contributed by atoms with van der Waals surface area (Å²) in [5.41, 5.74) is 0.982. The Bertz CT molecular complexity index is 671. The highest BCUT2D eigenvalue weighted by molar-refractivity contribution is 5.81. The summed E-state index contributed by atoms with van der Waals surface area (Å²) in [6.07, 6.45) is -0.706. The molecule has 2 rings (SSSR count). The van der Waals surface area contributed by atoms with E-state index >= 15 is 0 Å². The second-order valence-corrected chi connectivity index (χ2v) is 5.15. The molecule has 6 heteroatoms. The van der Waals surface area contributed by atoms with Crippen LogP contribution in [-0.4, -0.2) is 16.9 Å². The van der Waals surface area contributed by atoms with Gasteiger partial charge in [-0.2, -0.15) is 0 Å². The molecule has 0 bridgehead atoms. The highest BCUT2D eigenvalue weighted by Crippen LogP contribution is 2.19. The van der Waals surface area contributed by atoms with E-state index in [9.17, 15) is 14.9 Å². The predicted molar refractivity (Wildman–Crippen MR) is 86.2 cm³/mol. The maximum absolute atomic E-state index is 12.2. The molecule has 2 aromatic rings. The third kappa shape index (κ3) is 4.54. The van der Waals surface area contributed by atoms with E-state index in [-0.39, 0.29) is 17.6 Å². The van der Waals surface area contributed by atoms with Crippen LogP contribution in [0.2, 0.25) is 0 Å². The maximum Gasteiger partial charge on any atom is 0.269 e. The normalized spacial score (nSPS) is 13.0. The van der Waals surface area contributed by atoms with Gasteiger partial charge in [0.2, 0.25) is 0 Å². The molecule has 0 saturated carbocycles. The van der Waals surface area contributed by atoms with Crippen molar-refractivity contribution in [2.45, 2.75) is 26.0 Å². The highest BCUT2D eigenvalue weighted by Gasteiger charge is 2.18. The monoisotopic (exact) mass is 314 g/mol. The quantitative estimate of drug-likeness (QED) is 0.655. The number of ether oxygens (including phenoxy) is 1. The van der Waals surface area contributed by atoms with Crippen LogP contribution in [0, 0.1) is 10.1 Å². The van der Waals surface area contributed by atoms with Crippen LogP contribution in [0.3, 0.4) is 0 Å². The summed E-state index contributed by atoms with van der Waals surface area (Å²) in [6.45, 7) is 3.53. The minimum Gasteiger partial charge on any atom is -0.481 e. The van der Waals surface area contributed by atoms with Gasteiger partial charge in [-0.25, -0.2) is 0 Å². The molecule has 0 heterocycles. The fourth-order valence-electron chi connectivity index (χ4n) is 2.06. The van der Waals surface area contributed by atoms with Crippen LogP contribution in [0.5, 0.6) is 5.75 Å². The first-order valence-electron chi connectivity index (χ1n) is 7.24. The second-order valence-electron chi connectivity index (χ2n) is 5.15. The fourth-order valence-corrected chi connectivity index (χ4v) is 2.06. The number of hydrogen-bond acceptors (Lipinski definition) is 4. The molecule has 0 aliphatic carbocycles. The van der Waals surface area contributed by atoms with Crippen LogP contribution < -0.4 is 10.1 Å². The van der Waals surface area contributed by atoms with Crippen molar-refractivity contribution in [1.29, 1.82) is 0 Å². The number of amides is 1. The minimum absolute atomic E-state index is 0.0212. The number of nitrogens with one attached hydrogen (secondary N) is 1. The Morgan fingerprint density at radius 2 is 1.70 bits per heavy atom. The van der Waals surface area contributed by atoms with Gasteiger partial charge in [0.25, 0.3) is 11.6 Å². The third-order valence-electron chi connectivity index (χ3n) is 3.39. The van der Waals surface area contributed by atoms with Crippen LogP contribution in [0.4, 0.5) is 5.69 Å². The van der Waals surface area contributed by atoms with Crippen molar-refractivity contribution in [2.75, 3.05) is 0 Å². The van der Waals surface area contributed by atoms with Crippen LogP contribution >= 0.6 is 0 Å². The van der Waals surface area contributed by atoms with Gasteiger partial charge in [-0.1, -0.05) is 30.3 Å². The molecule has 0 fully saturated rings. The molecule has 0 aliphatic rings. The van der Waals surface area contributed by atoms with Crippen LogP contribution in [-0.2, 0) is 4.79 Å². The van der Waals surface area contributed by atoms with E-state index in [0.717, 1.165) is 5.56 Å². The molecular formula is C17H18N2O4. The molecule has 2 aromatic carbocycles. The van der Waals surface area contributed by atoms with Crippen molar-refractivity contribution in [1.82, 2.24) is 5.32 Å². The Labute approximate surface area is 134 Å². The molecule has 1 amide bonds. The van der Waals surface area contributed by atoms with Crippen molar-refractivity contribution in [3.8, 4) is 5.75 Å². The lowest BCUT2D eigenvalue weighted by atomic mass is 10.1. The molecule has 0 aliphatic heterocycles. The predicted octanol–water partition coefficient (Wildman–Crippen LogP) is 3.24. The molecule has 1 N–H and O–H groups in total. The number of carbonyl (C=O) groups is 1. The summed E-state index contributed by atoms with van der Waals surface area (Å²) in [7, 11) is 0. The lowest BCUT2D eigenvalue weighted by molar-refractivity contribution is -0.384. The van der Waals surface area contributed by atoms with Crippen molar-refractivity contribution in [3.05, 3.63) is 70.3 Å². The average Bonchev–Trinajstić information content (AvgIpc) is 2.56. The van der Waals surface area contributed by atoms with Gasteiger partial charge in [-0.05, 0) is 31.5 Å². The number of rotatable bonds is 6. The Morgan fingerprint density at radius 3 is 2.26 bits per heavy atom. The third-order valence-corrected chi connectivity index (χ3v) is 3.39. The highest BCUT2D eigenvalue weighted by atomic mass is 16.6. The van der Waals surface area contributed by atoms with E-state index in [2.05, 4.69) is 5.32 Å². The molecule has 0 radical (unpaired) electrons. The zero-order chi connectivity index (χ0) is 16.8. The summed E-state index contributed by atoms with van der Waals surface area (Å²) < 4.78 is 5.51. The number of nitrogens with zero attached hydrogens (tertiary/aromatic N) is 1. The zero-order valence-corrected chi connectivity index (χ0v) is 12.9. The Hall–Kier alpha value is -2.89. The lowest BCUT2D eigenvalue weighted by Gasteiger charge is -2.19. The number of hydrogen-bond donors (Lipinski definition) is 1. The molecule has 0 saturated heterocycles. The number of carbonyl (C=O) groups excluding carboxylic acids is 1. The summed E-state index contributed by atoms with van der Waals surface area (Å²) in [6, 6.07) is 15.1. The molecular weight excluding hydrogens is 296 g/mol. The topological polar surface area (TPSA) is 81.5 Å². The van der Waals surface area contributed by atoms with Crippen molar-refractivity contribution >= 4 is 11.6 Å². The first-order valence-corrected chi connectivity index (χ1v) is 7.24. The van der Waals surface area contributed by atoms with Gasteiger partial charge in [0.1, 0.15) is 5.75 Å². The average molecular weight is 314 g/mol. The van der Waals surface area contributed by atoms with Crippen molar-refractivity contribution < 1.29 is 14.5 Å². The first-order chi connectivity index (χ1) is 11.0. The number of non-ortho nitro benzene ring substituents is 1. The van der Waals surface area contributed by atoms with E-state index in [1.807, 2.05) is 37.3 Å². The van der Waals surface area contributed by atoms with Gasteiger partial charge >= 0.3 is 0 Å². The summed E-state index contributed by atoms with van der Waals surface area (Å²) in [5.74, 6) is 0.158. The molecule has 23 heavy (non-hydrogen) atoms. The molecule has 0 spiro atoms. The van der Waals surface area contributed by atoms with Gasteiger partial charge in [0, 0.05) is 12.1 Å². The molecule has 2 atom stereocenters. The Kier molecular flexibility index (Phi) is 5.30. The van der Waals surface area contributed by atoms with E-state index in [1.54, 1.807) is 6.92 Å². The first kappa shape index (κ1) is 16.5. The SMILES string of the molecule is C[C@H](Oc1ccc([N+](=O)[O-])cc1)C(=O)N[C@@H](C)c1ccccc1. The van der Waals surface area contributed by atoms with Crippen LogP contribution in [0.15, 0.2) is 54.6 Å². The smallest absolute Gasteiger partial charge is 0.269 e. The van der Waals surface area contributed by atoms with Crippen molar-refractivity contribution in [3.63, 3.8) is 0 Å². The summed E-state index contributed by atoms with van der Waals surface area (Å²) >= 11 is 0. The van der Waals surface area contributed by atoms with Gasteiger partial charge in [0.05, 0.1) is 11.0 Å². The number of benzene rings is 2. The van der Waals surface area contributed by atoms with Gasteiger partial charge in [-0.3, -0.25) is 14.9 Å². The number of nitro groups is 1. The standard InChI is InChI=1S/C17H18N2O4/c1-12(14-6-4-3-5-7-14)18-17(20)13(2)23-16-10-8-15(9-11-16)19(21)22/h3-13H,1-2H3,(H,18,20)/t12-,13-/m0/s1. The minimum atomic E-state index is -0.706. The van der Waals surface area contributed by atoms with E-state index in [0.29, 0.717) is 5.75 Å². The van der Waals surface area contributed by atoms with E-state index in [4.69, 9.17) is 4.74 Å². The van der Waals surface area contributed by atoms with Gasteiger partial charge in [0.15, 0.2) is 6.10 Å². The van der Waals surface area contributed by atoms with Crippen LogP contribution in [0.1, 0.15) is 25.5 Å². The van der Waals surface area contributed by atoms with Crippen LogP contribution in [0.25, 0.3) is 0 Å². The second kappa shape index (κ2) is 7.40. The zero-order valence-electron chi connectivity index (χ0n) is 12.9. The molecule has 0 aromatic heterocycles. The lowest BCUT2D eigenvalue weighted by Crippen LogP contribution is -2.37. The maximum atomic E-state index is 12.2. The van der Waals surface area contributed by atoms with Gasteiger partial charge in [-0.15, -0.1) is 0 Å². The van der Waals surface area contributed by atoms with E-state index < -0.39 is 11.0 Å². The Morgan fingerprint density at radius 1 is 1.09 bits per heavy atom. The number of nitro benzene ring substituents is 1. The largest absolute Gasteiger partial charge is 0.481 e. The van der Waals surface area contributed by atoms with E-state index in [1.165, 1.54) is 24.3 Å². The molecule has 0 unspecified atom stereocenters. The summed E-state index contributed by atoms with van der Waals surface area (Å²) in [4.78, 5) is 22.3. The summed E-state index contributed by atoms with van der Waals surface area (Å²) in [5, 5.41) is 13.5. The van der Waals surface area contributed by atoms with Gasteiger partial charge < -0.3 is 10.1 Å². The Balaban J connectivity index is 1.93. The fraction of sp³-hybridized carbons (Fsp3) is 0.235. The molecule has 120 valence electrons.